The standard InChI is InChI=1S/C34H39Cl2FN6O4/c1-32(2)11-13-33(14-12-32)34(22-9-6-19(35)16-23(22)40-31(34)45)25(21-10-15-38-28(36)26(21)37)27(41-33)29(44)39-20-7-4-18(5-8-20)30-43-42-24(47-30)17-46-3/h6,9-10,15-16,18,20,25,27,41H,4-5,7-8,11-14,17H2,1-3H3,(H,39,44)(H,40,45)/t18-,20-,25-,27+,34+/m0/s1. The van der Waals surface area contributed by atoms with E-state index in [0.29, 0.717) is 53.7 Å². The predicted octanol–water partition coefficient (Wildman–Crippen LogP) is 6.18. The molecule has 4 aliphatic rings. The molecule has 2 aliphatic carbocycles. The van der Waals surface area contributed by atoms with Gasteiger partial charge in [-0.15, -0.1) is 10.2 Å². The molecular formula is C34H39Cl2FN6O4. The number of nitrogens with zero attached hydrogens (tertiary/aromatic N) is 3. The van der Waals surface area contributed by atoms with Crippen molar-refractivity contribution in [1.82, 2.24) is 25.8 Å². The number of halogens is 3. The van der Waals surface area contributed by atoms with E-state index < -0.39 is 28.7 Å². The van der Waals surface area contributed by atoms with Gasteiger partial charge in [-0.1, -0.05) is 43.1 Å². The molecule has 0 radical (unpaired) electrons. The Bertz CT molecular complexity index is 1700. The molecule has 3 fully saturated rings. The average Bonchev–Trinajstić information content (AvgIpc) is 3.71. The van der Waals surface area contributed by atoms with Crippen LogP contribution in [0.1, 0.15) is 100.0 Å². The molecule has 3 N–H and O–H groups in total. The number of rotatable bonds is 6. The maximum absolute atomic E-state index is 16.2. The minimum Gasteiger partial charge on any atom is -0.422 e. The van der Waals surface area contributed by atoms with E-state index in [2.05, 4.69) is 45.0 Å². The number of ether oxygens (including phenoxy) is 1. The fourth-order valence-corrected chi connectivity index (χ4v) is 9.05. The SMILES string of the molecule is COCc1nnc([C@H]2CC[C@H](NC(=O)[C@@H]3NC4(CCC(C)(C)CC4)[C@@]4(C(=O)Nc5cc(Cl)ccc54)[C@H]3c3ccnc(Cl)c3F)CC2)o1. The number of amides is 2. The maximum atomic E-state index is 16.2. The Morgan fingerprint density at radius 2 is 1.85 bits per heavy atom. The Morgan fingerprint density at radius 1 is 1.11 bits per heavy atom. The van der Waals surface area contributed by atoms with Crippen LogP contribution in [-0.4, -0.2) is 51.7 Å². The summed E-state index contributed by atoms with van der Waals surface area (Å²) in [5, 5.41) is 18.5. The Balaban J connectivity index is 1.25. The van der Waals surface area contributed by atoms with Crippen LogP contribution in [0.2, 0.25) is 10.2 Å². The van der Waals surface area contributed by atoms with Gasteiger partial charge in [0.25, 0.3) is 0 Å². The highest BCUT2D eigenvalue weighted by Crippen LogP contribution is 2.64. The molecule has 0 bridgehead atoms. The number of hydrogen-bond donors (Lipinski definition) is 3. The van der Waals surface area contributed by atoms with Crippen molar-refractivity contribution in [3.8, 4) is 0 Å². The third kappa shape index (κ3) is 5.34. The van der Waals surface area contributed by atoms with E-state index in [9.17, 15) is 9.59 Å². The lowest BCUT2D eigenvalue weighted by Gasteiger charge is -2.50. The van der Waals surface area contributed by atoms with E-state index in [-0.39, 0.29) is 46.5 Å². The highest BCUT2D eigenvalue weighted by atomic mass is 35.5. The topological polar surface area (TPSA) is 131 Å². The van der Waals surface area contributed by atoms with Gasteiger partial charge >= 0.3 is 0 Å². The number of carbonyl (C=O) groups excluding carboxylic acids is 2. The zero-order chi connectivity index (χ0) is 33.1. The normalized spacial score (nSPS) is 29.2. The predicted molar refractivity (Wildman–Crippen MR) is 174 cm³/mol. The second-order valence-electron chi connectivity index (χ2n) is 14.3. The molecule has 7 rings (SSSR count). The zero-order valence-electron chi connectivity index (χ0n) is 26.7. The van der Waals surface area contributed by atoms with Gasteiger partial charge in [-0.25, -0.2) is 9.37 Å². The lowest BCUT2D eigenvalue weighted by molar-refractivity contribution is -0.125. The van der Waals surface area contributed by atoms with Crippen molar-refractivity contribution >= 4 is 40.7 Å². The van der Waals surface area contributed by atoms with Gasteiger partial charge in [0, 0.05) is 47.4 Å². The van der Waals surface area contributed by atoms with Gasteiger partial charge in [-0.05, 0) is 86.1 Å². The van der Waals surface area contributed by atoms with Crippen molar-refractivity contribution in [2.45, 2.75) is 107 Å². The third-order valence-corrected chi connectivity index (χ3v) is 11.6. The average molecular weight is 686 g/mol. The Kier molecular flexibility index (Phi) is 8.34. The number of benzene rings is 1. The lowest BCUT2D eigenvalue weighted by Crippen LogP contribution is -2.61. The summed E-state index contributed by atoms with van der Waals surface area (Å²) in [6.07, 6.45) is 7.26. The lowest BCUT2D eigenvalue weighted by atomic mass is 9.53. The van der Waals surface area contributed by atoms with E-state index in [1.807, 2.05) is 6.07 Å². The van der Waals surface area contributed by atoms with Gasteiger partial charge in [0.05, 0.1) is 6.04 Å². The van der Waals surface area contributed by atoms with E-state index >= 15 is 4.39 Å². The molecular weight excluding hydrogens is 646 g/mol. The Labute approximate surface area is 282 Å². The molecule has 1 aromatic carbocycles. The fraction of sp³-hybridized carbons (Fsp3) is 0.559. The molecule has 1 saturated heterocycles. The summed E-state index contributed by atoms with van der Waals surface area (Å²) < 4.78 is 27.0. The third-order valence-electron chi connectivity index (χ3n) is 11.1. The van der Waals surface area contributed by atoms with Crippen LogP contribution < -0.4 is 16.0 Å². The number of carbonyl (C=O) groups is 2. The summed E-state index contributed by atoms with van der Waals surface area (Å²) in [4.78, 5) is 33.1. The number of nitrogens with one attached hydrogen (secondary N) is 3. The van der Waals surface area contributed by atoms with Crippen LogP contribution in [0.4, 0.5) is 10.1 Å². The second-order valence-corrected chi connectivity index (χ2v) is 15.1. The van der Waals surface area contributed by atoms with Crippen LogP contribution in [0.3, 0.4) is 0 Å². The van der Waals surface area contributed by atoms with Gasteiger partial charge in [0.2, 0.25) is 23.6 Å². The molecule has 4 heterocycles. The molecule has 47 heavy (non-hydrogen) atoms. The van der Waals surface area contributed by atoms with Crippen LogP contribution in [0.25, 0.3) is 0 Å². The van der Waals surface area contributed by atoms with Crippen LogP contribution in [0.15, 0.2) is 34.9 Å². The molecule has 3 atom stereocenters. The first kappa shape index (κ1) is 32.4. The molecule has 2 aromatic heterocycles. The molecule has 250 valence electrons. The minimum atomic E-state index is -1.31. The van der Waals surface area contributed by atoms with Crippen LogP contribution >= 0.6 is 23.2 Å². The van der Waals surface area contributed by atoms with Crippen molar-refractivity contribution in [1.29, 1.82) is 0 Å². The number of fused-ring (bicyclic) bond motifs is 3. The van der Waals surface area contributed by atoms with Crippen LogP contribution in [-0.2, 0) is 26.3 Å². The van der Waals surface area contributed by atoms with Gasteiger partial charge in [0.1, 0.15) is 12.0 Å². The van der Waals surface area contributed by atoms with E-state index in [4.69, 9.17) is 32.4 Å². The Hall–Kier alpha value is -3.12. The second kappa shape index (κ2) is 12.1. The Morgan fingerprint density at radius 3 is 2.57 bits per heavy atom. The largest absolute Gasteiger partial charge is 0.422 e. The number of pyridine rings is 1. The summed E-state index contributed by atoms with van der Waals surface area (Å²) in [5.74, 6) is -1.08. The smallest absolute Gasteiger partial charge is 0.242 e. The molecule has 3 aromatic rings. The number of aromatic nitrogens is 3. The summed E-state index contributed by atoms with van der Waals surface area (Å²) in [6, 6.07) is 5.84. The minimum absolute atomic E-state index is 0.0500. The van der Waals surface area contributed by atoms with Crippen molar-refractivity contribution in [2.75, 3.05) is 12.4 Å². The van der Waals surface area contributed by atoms with Gasteiger partial charge in [-0.2, -0.15) is 0 Å². The van der Waals surface area contributed by atoms with Crippen molar-refractivity contribution < 1.29 is 23.1 Å². The summed E-state index contributed by atoms with van der Waals surface area (Å²) in [5.41, 5.74) is -0.631. The molecule has 10 nitrogen and oxygen atoms in total. The van der Waals surface area contributed by atoms with Gasteiger partial charge < -0.3 is 19.8 Å². The number of anilines is 1. The highest BCUT2D eigenvalue weighted by molar-refractivity contribution is 6.31. The molecule has 2 spiro atoms. The fourth-order valence-electron chi connectivity index (χ4n) is 8.72. The molecule has 2 saturated carbocycles. The molecule has 13 heteroatoms. The number of methoxy groups -OCH3 is 1. The van der Waals surface area contributed by atoms with Crippen LogP contribution in [0, 0.1) is 11.2 Å². The first-order valence-electron chi connectivity index (χ1n) is 16.3. The highest BCUT2D eigenvalue weighted by Gasteiger charge is 2.73. The first-order chi connectivity index (χ1) is 22.5. The quantitative estimate of drug-likeness (QED) is 0.262. The maximum Gasteiger partial charge on any atom is 0.242 e. The monoisotopic (exact) mass is 684 g/mol. The van der Waals surface area contributed by atoms with E-state index in [1.54, 1.807) is 25.3 Å². The molecule has 2 amide bonds. The summed E-state index contributed by atoms with van der Waals surface area (Å²) >= 11 is 12.7. The van der Waals surface area contributed by atoms with Crippen molar-refractivity contribution in [3.05, 3.63) is 69.4 Å². The van der Waals surface area contributed by atoms with Crippen molar-refractivity contribution in [2.24, 2.45) is 5.41 Å². The van der Waals surface area contributed by atoms with Gasteiger partial charge in [0.15, 0.2) is 11.0 Å². The summed E-state index contributed by atoms with van der Waals surface area (Å²) in [7, 11) is 1.57. The van der Waals surface area contributed by atoms with E-state index in [1.165, 1.54) is 6.20 Å². The first-order valence-corrected chi connectivity index (χ1v) is 17.0. The molecule has 0 unspecified atom stereocenters. The summed E-state index contributed by atoms with van der Waals surface area (Å²) in [6.45, 7) is 4.70. The molecule has 2 aliphatic heterocycles. The van der Waals surface area contributed by atoms with Gasteiger partial charge in [-0.3, -0.25) is 14.9 Å². The van der Waals surface area contributed by atoms with Crippen LogP contribution in [0.5, 0.6) is 0 Å². The number of hydrogen-bond acceptors (Lipinski definition) is 8. The van der Waals surface area contributed by atoms with Crippen molar-refractivity contribution in [3.63, 3.8) is 0 Å². The van der Waals surface area contributed by atoms with E-state index in [0.717, 1.165) is 25.7 Å². The zero-order valence-corrected chi connectivity index (χ0v) is 28.2.